The summed E-state index contributed by atoms with van der Waals surface area (Å²) in [4.78, 5) is 12.3. The van der Waals surface area contributed by atoms with Gasteiger partial charge in [-0.15, -0.1) is 0 Å². The molecule has 8 heteroatoms. The Bertz CT molecular complexity index is 1040. The Kier molecular flexibility index (Phi) is 9.25. The van der Waals surface area contributed by atoms with Crippen molar-refractivity contribution in [1.29, 1.82) is 0 Å². The summed E-state index contributed by atoms with van der Waals surface area (Å²) in [5, 5.41) is 0. The third-order valence-corrected chi connectivity index (χ3v) is 4.22. The fraction of sp³-hybridized carbons (Fsp3) is 0.115. The van der Waals surface area contributed by atoms with E-state index >= 15 is 0 Å². The molecule has 0 aromatic heterocycles. The average molecular weight is 464 g/mol. The van der Waals surface area contributed by atoms with E-state index in [1.807, 2.05) is 0 Å². The Hall–Kier alpha value is -4.59. The topological polar surface area (TPSA) is 81.7 Å². The van der Waals surface area contributed by atoms with E-state index in [1.165, 1.54) is 12.5 Å². The van der Waals surface area contributed by atoms with Crippen LogP contribution in [0, 0.1) is 0 Å². The molecule has 8 nitrogen and oxygen atoms in total. The van der Waals surface area contributed by atoms with Crippen molar-refractivity contribution in [2.24, 2.45) is 0 Å². The standard InChI is InChI=1S/C26H24O8/c1-3-28-17-30-21-7-5-20(6-8-21)26(27)34-25-15-13-24(14-16-25)33-19-32-23-11-9-22(10-12-23)31-18-29-4-2/h3-16H,1-2,17-19H2. The van der Waals surface area contributed by atoms with Gasteiger partial charge >= 0.3 is 5.97 Å². The van der Waals surface area contributed by atoms with Crippen LogP contribution in [0.15, 0.2) is 98.5 Å². The molecule has 0 heterocycles. The van der Waals surface area contributed by atoms with Gasteiger partial charge in [0.15, 0.2) is 0 Å². The fourth-order valence-corrected chi connectivity index (χ4v) is 2.56. The molecule has 0 N–H and O–H groups in total. The fourth-order valence-electron chi connectivity index (χ4n) is 2.56. The normalized spacial score (nSPS) is 9.88. The van der Waals surface area contributed by atoms with Crippen molar-refractivity contribution >= 4 is 5.97 Å². The zero-order valence-corrected chi connectivity index (χ0v) is 18.4. The number of rotatable bonds is 14. The van der Waals surface area contributed by atoms with Gasteiger partial charge in [0, 0.05) is 0 Å². The highest BCUT2D eigenvalue weighted by atomic mass is 16.7. The van der Waals surface area contributed by atoms with E-state index < -0.39 is 5.97 Å². The highest BCUT2D eigenvalue weighted by molar-refractivity contribution is 5.91. The first-order valence-corrected chi connectivity index (χ1v) is 10.2. The van der Waals surface area contributed by atoms with Crippen LogP contribution in [0.4, 0.5) is 0 Å². The maximum absolute atomic E-state index is 12.3. The third-order valence-electron chi connectivity index (χ3n) is 4.22. The van der Waals surface area contributed by atoms with Crippen molar-refractivity contribution < 1.29 is 38.0 Å². The Morgan fingerprint density at radius 3 is 1.32 bits per heavy atom. The van der Waals surface area contributed by atoms with Crippen LogP contribution in [0.3, 0.4) is 0 Å². The molecule has 0 radical (unpaired) electrons. The van der Waals surface area contributed by atoms with Crippen LogP contribution in [0.5, 0.6) is 28.7 Å². The summed E-state index contributed by atoms with van der Waals surface area (Å²) < 4.78 is 36.9. The lowest BCUT2D eigenvalue weighted by atomic mass is 10.2. The zero-order chi connectivity index (χ0) is 24.0. The van der Waals surface area contributed by atoms with E-state index in [9.17, 15) is 4.79 Å². The molecule has 3 rings (SSSR count). The van der Waals surface area contributed by atoms with E-state index in [0.717, 1.165) is 0 Å². The van der Waals surface area contributed by atoms with Crippen molar-refractivity contribution in [3.63, 3.8) is 0 Å². The molecule has 0 aliphatic heterocycles. The molecule has 3 aromatic rings. The molecule has 0 bridgehead atoms. The molecule has 3 aromatic carbocycles. The van der Waals surface area contributed by atoms with E-state index in [1.54, 1.807) is 72.8 Å². The van der Waals surface area contributed by atoms with Crippen molar-refractivity contribution in [2.45, 2.75) is 0 Å². The lowest BCUT2D eigenvalue weighted by molar-refractivity contribution is 0.0733. The van der Waals surface area contributed by atoms with Crippen LogP contribution in [-0.4, -0.2) is 26.3 Å². The second kappa shape index (κ2) is 13.1. The third kappa shape index (κ3) is 7.83. The lowest BCUT2D eigenvalue weighted by Crippen LogP contribution is -2.09. The second-order valence-corrected chi connectivity index (χ2v) is 6.45. The quantitative estimate of drug-likeness (QED) is 0.104. The van der Waals surface area contributed by atoms with Gasteiger partial charge in [-0.25, -0.2) is 4.79 Å². The molecule has 0 atom stereocenters. The molecular formula is C26H24O8. The summed E-state index contributed by atoms with van der Waals surface area (Å²) in [7, 11) is 0. The van der Waals surface area contributed by atoms with Crippen LogP contribution in [0.25, 0.3) is 0 Å². The van der Waals surface area contributed by atoms with Crippen molar-refractivity contribution in [3.8, 4) is 28.7 Å². The van der Waals surface area contributed by atoms with Gasteiger partial charge < -0.3 is 33.2 Å². The number of hydrogen-bond acceptors (Lipinski definition) is 8. The van der Waals surface area contributed by atoms with Crippen molar-refractivity contribution in [2.75, 3.05) is 20.4 Å². The van der Waals surface area contributed by atoms with Gasteiger partial charge in [-0.3, -0.25) is 0 Å². The van der Waals surface area contributed by atoms with E-state index in [2.05, 4.69) is 13.2 Å². The highest BCUT2D eigenvalue weighted by Crippen LogP contribution is 2.21. The SMILES string of the molecule is C=COCOc1ccc(OCOc2ccc(OC(=O)c3ccc(OCOC=C)cc3)cc2)cc1. The smallest absolute Gasteiger partial charge is 0.343 e. The molecule has 0 aliphatic rings. The maximum Gasteiger partial charge on any atom is 0.343 e. The first-order chi connectivity index (χ1) is 16.7. The van der Waals surface area contributed by atoms with Gasteiger partial charge in [0.1, 0.15) is 28.7 Å². The number of carbonyl (C=O) groups is 1. The van der Waals surface area contributed by atoms with Gasteiger partial charge in [0.25, 0.3) is 0 Å². The minimum atomic E-state index is -0.491. The van der Waals surface area contributed by atoms with Gasteiger partial charge in [-0.05, 0) is 72.8 Å². The Morgan fingerprint density at radius 2 is 0.912 bits per heavy atom. The molecule has 34 heavy (non-hydrogen) atoms. The van der Waals surface area contributed by atoms with Crippen molar-refractivity contribution in [1.82, 2.24) is 0 Å². The van der Waals surface area contributed by atoms with Crippen LogP contribution < -0.4 is 23.7 Å². The molecule has 176 valence electrons. The molecule has 0 aliphatic carbocycles. The molecule has 0 amide bonds. The summed E-state index contributed by atoms with van der Waals surface area (Å²) in [5.41, 5.74) is 0.385. The summed E-state index contributed by atoms with van der Waals surface area (Å²) in [6, 6.07) is 20.1. The Labute approximate surface area is 197 Å². The van der Waals surface area contributed by atoms with Gasteiger partial charge in [-0.1, -0.05) is 13.2 Å². The largest absolute Gasteiger partial charge is 0.466 e. The van der Waals surface area contributed by atoms with Gasteiger partial charge in [0.2, 0.25) is 20.4 Å². The van der Waals surface area contributed by atoms with Crippen LogP contribution in [-0.2, 0) is 9.47 Å². The average Bonchev–Trinajstić information content (AvgIpc) is 2.87. The predicted molar refractivity (Wildman–Crippen MR) is 124 cm³/mol. The first kappa shape index (κ1) is 24.1. The molecule has 0 saturated carbocycles. The van der Waals surface area contributed by atoms with Crippen LogP contribution >= 0.6 is 0 Å². The zero-order valence-electron chi connectivity index (χ0n) is 18.4. The molecule has 0 fully saturated rings. The summed E-state index contributed by atoms with van der Waals surface area (Å²) in [6.07, 6.45) is 2.59. The minimum absolute atomic E-state index is 0.00513. The number of esters is 1. The lowest BCUT2D eigenvalue weighted by Gasteiger charge is -2.10. The van der Waals surface area contributed by atoms with E-state index in [0.29, 0.717) is 34.3 Å². The van der Waals surface area contributed by atoms with Crippen LogP contribution in [0.1, 0.15) is 10.4 Å². The monoisotopic (exact) mass is 464 g/mol. The van der Waals surface area contributed by atoms with Crippen molar-refractivity contribution in [3.05, 3.63) is 104 Å². The van der Waals surface area contributed by atoms with Gasteiger partial charge in [0.05, 0.1) is 18.1 Å². The Balaban J connectivity index is 1.41. The summed E-state index contributed by atoms with van der Waals surface area (Å²) >= 11 is 0. The molecule has 0 spiro atoms. The summed E-state index contributed by atoms with van der Waals surface area (Å²) in [5.74, 6) is 2.27. The van der Waals surface area contributed by atoms with E-state index in [4.69, 9.17) is 33.2 Å². The Morgan fingerprint density at radius 1 is 0.559 bits per heavy atom. The first-order valence-electron chi connectivity index (χ1n) is 10.2. The molecular weight excluding hydrogens is 440 g/mol. The number of hydrogen-bond donors (Lipinski definition) is 0. The number of benzene rings is 3. The van der Waals surface area contributed by atoms with Gasteiger partial charge in [-0.2, -0.15) is 0 Å². The number of ether oxygens (including phenoxy) is 7. The minimum Gasteiger partial charge on any atom is -0.466 e. The second-order valence-electron chi connectivity index (χ2n) is 6.45. The van der Waals surface area contributed by atoms with Crippen LogP contribution in [0.2, 0.25) is 0 Å². The number of carbonyl (C=O) groups excluding carboxylic acids is 1. The highest BCUT2D eigenvalue weighted by Gasteiger charge is 2.09. The van der Waals surface area contributed by atoms with E-state index in [-0.39, 0.29) is 20.4 Å². The maximum atomic E-state index is 12.3. The molecule has 0 saturated heterocycles. The predicted octanol–water partition coefficient (Wildman–Crippen LogP) is 5.31. The molecule has 0 unspecified atom stereocenters. The summed E-state index contributed by atoms with van der Waals surface area (Å²) in [6.45, 7) is 7.00.